The van der Waals surface area contributed by atoms with E-state index in [-0.39, 0.29) is 5.69 Å². The smallest absolute Gasteiger partial charge is 0.320 e. The van der Waals surface area contributed by atoms with Crippen LogP contribution in [0.4, 0.5) is 11.4 Å². The SMILES string of the molecule is Cc1ccc(NC(=O)C(=O)Nn2c(C(=O)Nc3cccc(C)c3C)cc3cc(Br)ccc32)c(C)c1. The Morgan fingerprint density at radius 1 is 0.771 bits per heavy atom. The molecule has 0 aliphatic carbocycles. The van der Waals surface area contributed by atoms with E-state index in [1.54, 1.807) is 24.3 Å². The summed E-state index contributed by atoms with van der Waals surface area (Å²) in [6.45, 7) is 7.70. The van der Waals surface area contributed by atoms with Crippen LogP contribution in [0.5, 0.6) is 0 Å². The Morgan fingerprint density at radius 2 is 1.54 bits per heavy atom. The zero-order chi connectivity index (χ0) is 25.3. The van der Waals surface area contributed by atoms with Crippen molar-refractivity contribution in [3.8, 4) is 0 Å². The number of nitrogens with zero attached hydrogens (tertiary/aromatic N) is 1. The molecule has 4 rings (SSSR count). The molecule has 0 radical (unpaired) electrons. The van der Waals surface area contributed by atoms with Crippen molar-refractivity contribution in [2.75, 3.05) is 16.1 Å². The highest BCUT2D eigenvalue weighted by Crippen LogP contribution is 2.25. The predicted molar refractivity (Wildman–Crippen MR) is 142 cm³/mol. The molecule has 0 bridgehead atoms. The van der Waals surface area contributed by atoms with Crippen molar-refractivity contribution in [1.29, 1.82) is 0 Å². The van der Waals surface area contributed by atoms with E-state index in [0.717, 1.165) is 32.1 Å². The third-order valence-corrected chi connectivity index (χ3v) is 6.39. The lowest BCUT2D eigenvalue weighted by molar-refractivity contribution is -0.133. The van der Waals surface area contributed by atoms with Crippen molar-refractivity contribution in [2.24, 2.45) is 0 Å². The van der Waals surface area contributed by atoms with Crippen LogP contribution >= 0.6 is 15.9 Å². The van der Waals surface area contributed by atoms with Gasteiger partial charge in [0.1, 0.15) is 5.69 Å². The molecular formula is C27H25BrN4O3. The van der Waals surface area contributed by atoms with Crippen molar-refractivity contribution in [3.05, 3.63) is 93.1 Å². The predicted octanol–water partition coefficient (Wildman–Crippen LogP) is 5.60. The molecule has 0 unspecified atom stereocenters. The first-order valence-electron chi connectivity index (χ1n) is 11.0. The van der Waals surface area contributed by atoms with E-state index in [9.17, 15) is 14.4 Å². The van der Waals surface area contributed by atoms with Gasteiger partial charge in [0.15, 0.2) is 0 Å². The molecule has 3 aromatic carbocycles. The third kappa shape index (κ3) is 5.12. The van der Waals surface area contributed by atoms with E-state index in [4.69, 9.17) is 0 Å². The quantitative estimate of drug-likeness (QED) is 0.299. The molecule has 178 valence electrons. The molecule has 1 heterocycles. The first-order chi connectivity index (χ1) is 16.6. The van der Waals surface area contributed by atoms with Crippen LogP contribution in [0.2, 0.25) is 0 Å². The van der Waals surface area contributed by atoms with Crippen LogP contribution in [-0.2, 0) is 9.59 Å². The minimum absolute atomic E-state index is 0.187. The lowest BCUT2D eigenvalue weighted by Crippen LogP contribution is -2.36. The van der Waals surface area contributed by atoms with Gasteiger partial charge in [-0.05, 0) is 80.8 Å². The van der Waals surface area contributed by atoms with Gasteiger partial charge in [-0.2, -0.15) is 0 Å². The Labute approximate surface area is 211 Å². The maximum Gasteiger partial charge on any atom is 0.328 e. The van der Waals surface area contributed by atoms with E-state index in [1.807, 2.05) is 64.1 Å². The highest BCUT2D eigenvalue weighted by atomic mass is 79.9. The molecule has 8 heteroatoms. The van der Waals surface area contributed by atoms with Crippen molar-refractivity contribution in [2.45, 2.75) is 27.7 Å². The molecule has 0 spiro atoms. The van der Waals surface area contributed by atoms with Gasteiger partial charge in [0, 0.05) is 21.2 Å². The number of amides is 3. The molecule has 7 nitrogen and oxygen atoms in total. The van der Waals surface area contributed by atoms with Gasteiger partial charge in [0.25, 0.3) is 5.91 Å². The van der Waals surface area contributed by atoms with Crippen molar-refractivity contribution in [3.63, 3.8) is 0 Å². The molecule has 0 saturated heterocycles. The number of aromatic nitrogens is 1. The molecule has 1 aromatic heterocycles. The van der Waals surface area contributed by atoms with Crippen LogP contribution in [0.3, 0.4) is 0 Å². The summed E-state index contributed by atoms with van der Waals surface area (Å²) >= 11 is 3.44. The minimum Gasteiger partial charge on any atom is -0.320 e. The summed E-state index contributed by atoms with van der Waals surface area (Å²) < 4.78 is 2.16. The summed E-state index contributed by atoms with van der Waals surface area (Å²) in [5.74, 6) is -2.15. The van der Waals surface area contributed by atoms with Crippen molar-refractivity contribution >= 4 is 55.9 Å². The highest BCUT2D eigenvalue weighted by Gasteiger charge is 2.22. The molecule has 0 aliphatic heterocycles. The van der Waals surface area contributed by atoms with E-state index in [2.05, 4.69) is 32.0 Å². The molecular weight excluding hydrogens is 508 g/mol. The molecule has 0 saturated carbocycles. The maximum absolute atomic E-state index is 13.3. The first-order valence-corrected chi connectivity index (χ1v) is 11.8. The normalized spacial score (nSPS) is 10.8. The summed E-state index contributed by atoms with van der Waals surface area (Å²) in [6, 6.07) is 18.2. The lowest BCUT2D eigenvalue weighted by atomic mass is 10.1. The highest BCUT2D eigenvalue weighted by molar-refractivity contribution is 9.10. The average molecular weight is 533 g/mol. The van der Waals surface area contributed by atoms with Crippen LogP contribution in [0.1, 0.15) is 32.7 Å². The Kier molecular flexibility index (Phi) is 6.75. The molecule has 0 aliphatic rings. The Hall–Kier alpha value is -3.91. The number of halogens is 1. The number of hydrogen-bond donors (Lipinski definition) is 3. The van der Waals surface area contributed by atoms with Crippen LogP contribution in [0, 0.1) is 27.7 Å². The lowest BCUT2D eigenvalue weighted by Gasteiger charge is -2.14. The largest absolute Gasteiger partial charge is 0.328 e. The topological polar surface area (TPSA) is 92.2 Å². The Balaban J connectivity index is 1.65. The monoisotopic (exact) mass is 532 g/mol. The molecule has 3 N–H and O–H groups in total. The number of hydrogen-bond acceptors (Lipinski definition) is 3. The number of rotatable bonds is 4. The van der Waals surface area contributed by atoms with Crippen LogP contribution in [0.25, 0.3) is 10.9 Å². The van der Waals surface area contributed by atoms with Gasteiger partial charge in [0.2, 0.25) is 0 Å². The Morgan fingerprint density at radius 3 is 2.29 bits per heavy atom. The number of carbonyl (C=O) groups excluding carboxylic acids is 3. The number of nitrogens with one attached hydrogen (secondary N) is 3. The standard InChI is InChI=1S/C27H25BrN4O3/c1-15-8-10-21(17(3)12-15)29-26(34)27(35)31-32-23-11-9-20(28)13-19(23)14-24(32)25(33)30-22-7-5-6-16(2)18(22)4/h5-14H,1-4H3,(H,29,34)(H,30,33)(H,31,35). The van der Waals surface area contributed by atoms with Crippen LogP contribution in [-0.4, -0.2) is 22.4 Å². The van der Waals surface area contributed by atoms with E-state index < -0.39 is 17.7 Å². The molecule has 3 amide bonds. The van der Waals surface area contributed by atoms with Gasteiger partial charge >= 0.3 is 11.8 Å². The number of carbonyl (C=O) groups is 3. The maximum atomic E-state index is 13.3. The minimum atomic E-state index is -0.897. The van der Waals surface area contributed by atoms with Gasteiger partial charge in [0.05, 0.1) is 5.52 Å². The zero-order valence-corrected chi connectivity index (χ0v) is 21.4. The fraction of sp³-hybridized carbons (Fsp3) is 0.148. The fourth-order valence-electron chi connectivity index (χ4n) is 3.83. The number of anilines is 2. The fourth-order valence-corrected chi connectivity index (χ4v) is 4.21. The van der Waals surface area contributed by atoms with Crippen LogP contribution in [0.15, 0.2) is 65.1 Å². The third-order valence-electron chi connectivity index (χ3n) is 5.90. The van der Waals surface area contributed by atoms with Crippen molar-refractivity contribution in [1.82, 2.24) is 4.68 Å². The number of fused-ring (bicyclic) bond motifs is 1. The van der Waals surface area contributed by atoms with Gasteiger partial charge in [-0.15, -0.1) is 0 Å². The second-order valence-electron chi connectivity index (χ2n) is 8.48. The zero-order valence-electron chi connectivity index (χ0n) is 19.8. The summed E-state index contributed by atoms with van der Waals surface area (Å²) in [7, 11) is 0. The summed E-state index contributed by atoms with van der Waals surface area (Å²) in [5, 5.41) is 6.27. The second-order valence-corrected chi connectivity index (χ2v) is 9.40. The first kappa shape index (κ1) is 24.2. The van der Waals surface area contributed by atoms with E-state index in [0.29, 0.717) is 16.9 Å². The molecule has 0 fully saturated rings. The van der Waals surface area contributed by atoms with Crippen molar-refractivity contribution < 1.29 is 14.4 Å². The second kappa shape index (κ2) is 9.76. The van der Waals surface area contributed by atoms with Gasteiger partial charge in [-0.25, -0.2) is 4.68 Å². The van der Waals surface area contributed by atoms with Gasteiger partial charge in [-0.1, -0.05) is 45.8 Å². The van der Waals surface area contributed by atoms with E-state index in [1.165, 1.54) is 4.68 Å². The summed E-state index contributed by atoms with van der Waals surface area (Å²) in [4.78, 5) is 38.8. The number of benzene rings is 3. The molecule has 0 atom stereocenters. The Bertz CT molecular complexity index is 1490. The average Bonchev–Trinajstić information content (AvgIpc) is 3.16. The van der Waals surface area contributed by atoms with Crippen LogP contribution < -0.4 is 16.1 Å². The van der Waals surface area contributed by atoms with E-state index >= 15 is 0 Å². The van der Waals surface area contributed by atoms with Gasteiger partial charge in [-0.3, -0.25) is 19.8 Å². The molecule has 35 heavy (non-hydrogen) atoms. The molecule has 4 aromatic rings. The number of aryl methyl sites for hydroxylation is 3. The summed E-state index contributed by atoms with van der Waals surface area (Å²) in [5.41, 5.74) is 8.45. The van der Waals surface area contributed by atoms with Gasteiger partial charge < -0.3 is 10.6 Å². The summed E-state index contributed by atoms with van der Waals surface area (Å²) in [6.07, 6.45) is 0.